The van der Waals surface area contributed by atoms with Crippen molar-refractivity contribution < 1.29 is 14.6 Å². The van der Waals surface area contributed by atoms with Gasteiger partial charge in [0.15, 0.2) is 6.79 Å². The first-order valence-electron chi connectivity index (χ1n) is 5.15. The minimum Gasteiger partial charge on any atom is -0.381 e. The average Bonchev–Trinajstić information content (AvgIpc) is 2.16. The Bertz CT molecular complexity index is 76.2. The van der Waals surface area contributed by atoms with E-state index in [1.165, 1.54) is 6.42 Å². The van der Waals surface area contributed by atoms with Gasteiger partial charge in [-0.2, -0.15) is 0 Å². The Labute approximate surface area is 81.0 Å². The first-order valence-corrected chi connectivity index (χ1v) is 5.15. The molecule has 0 saturated heterocycles. The molecule has 79 valence electrons. The van der Waals surface area contributed by atoms with Crippen LogP contribution in [0, 0.1) is 0 Å². The number of ether oxygens (including phenoxy) is 2. The second kappa shape index (κ2) is 11.9. The summed E-state index contributed by atoms with van der Waals surface area (Å²) in [6.07, 6.45) is 5.52. The Hall–Kier alpha value is -0.120. The molecule has 0 rings (SSSR count). The van der Waals surface area contributed by atoms with Crippen molar-refractivity contribution in [1.82, 2.24) is 0 Å². The summed E-state index contributed by atoms with van der Waals surface area (Å²) in [5, 5.41) is 9.89. The average molecular weight is 189 g/mol. The number of hydrogen-bond acceptors (Lipinski definition) is 2. The molecular weight excluding hydrogens is 168 g/mol. The van der Waals surface area contributed by atoms with Crippen LogP contribution >= 0.6 is 0 Å². The maximum atomic E-state index is 9.89. The van der Waals surface area contributed by atoms with E-state index >= 15 is 0 Å². The van der Waals surface area contributed by atoms with Crippen LogP contribution < -0.4 is 0 Å². The zero-order valence-corrected chi connectivity index (χ0v) is 8.59. The van der Waals surface area contributed by atoms with Gasteiger partial charge in [0.2, 0.25) is 0 Å². The zero-order valence-electron chi connectivity index (χ0n) is 8.59. The Kier molecular flexibility index (Phi) is 11.8. The van der Waals surface area contributed by atoms with Crippen LogP contribution in [0.3, 0.4) is 0 Å². The first kappa shape index (κ1) is 12.9. The van der Waals surface area contributed by atoms with E-state index in [-0.39, 0.29) is 0 Å². The molecule has 0 unspecified atom stereocenters. The minimum absolute atomic E-state index is 0.403. The van der Waals surface area contributed by atoms with Crippen LogP contribution in [0.15, 0.2) is 0 Å². The van der Waals surface area contributed by atoms with Gasteiger partial charge in [-0.05, 0) is 19.3 Å². The standard InChI is InChI=1S/C10H21O3/c1-2-7-12-8-5-3-4-6-9-13-10-11/h2-10H2,1H3. The zero-order chi connectivity index (χ0) is 9.78. The van der Waals surface area contributed by atoms with E-state index < -0.39 is 6.79 Å². The van der Waals surface area contributed by atoms with Crippen LogP contribution in [0.5, 0.6) is 0 Å². The highest BCUT2D eigenvalue weighted by Gasteiger charge is 1.91. The topological polar surface area (TPSA) is 38.4 Å². The molecule has 0 atom stereocenters. The van der Waals surface area contributed by atoms with Gasteiger partial charge < -0.3 is 9.47 Å². The van der Waals surface area contributed by atoms with Crippen LogP contribution in [0.4, 0.5) is 0 Å². The molecule has 3 heteroatoms. The molecular formula is C10H21O3. The van der Waals surface area contributed by atoms with Gasteiger partial charge in [-0.1, -0.05) is 19.8 Å². The van der Waals surface area contributed by atoms with Crippen molar-refractivity contribution in [2.24, 2.45) is 0 Å². The Morgan fingerprint density at radius 1 is 0.846 bits per heavy atom. The number of rotatable bonds is 10. The van der Waals surface area contributed by atoms with Gasteiger partial charge in [-0.15, -0.1) is 0 Å². The molecule has 1 radical (unpaired) electrons. The molecule has 0 aromatic carbocycles. The van der Waals surface area contributed by atoms with Crippen molar-refractivity contribution in [3.8, 4) is 0 Å². The van der Waals surface area contributed by atoms with Gasteiger partial charge in [-0.25, -0.2) is 5.11 Å². The molecule has 0 spiro atoms. The Balaban J connectivity index is 2.76. The lowest BCUT2D eigenvalue weighted by molar-refractivity contribution is -0.0447. The molecule has 0 saturated carbocycles. The monoisotopic (exact) mass is 189 g/mol. The summed E-state index contributed by atoms with van der Waals surface area (Å²) in [7, 11) is 0. The van der Waals surface area contributed by atoms with Crippen molar-refractivity contribution in [2.45, 2.75) is 39.0 Å². The molecule has 0 heterocycles. The van der Waals surface area contributed by atoms with E-state index in [0.29, 0.717) is 6.61 Å². The molecule has 0 amide bonds. The van der Waals surface area contributed by atoms with Crippen molar-refractivity contribution >= 4 is 0 Å². The van der Waals surface area contributed by atoms with Crippen molar-refractivity contribution in [3.05, 3.63) is 0 Å². The van der Waals surface area contributed by atoms with Gasteiger partial charge in [0.25, 0.3) is 0 Å². The molecule has 0 N–H and O–H groups in total. The van der Waals surface area contributed by atoms with Crippen LogP contribution in [-0.2, 0) is 14.6 Å². The summed E-state index contributed by atoms with van der Waals surface area (Å²) in [6, 6.07) is 0. The lowest BCUT2D eigenvalue weighted by Crippen LogP contribution is -1.97. The Morgan fingerprint density at radius 3 is 2.00 bits per heavy atom. The fourth-order valence-electron chi connectivity index (χ4n) is 1.07. The number of hydrogen-bond donors (Lipinski definition) is 0. The summed E-state index contributed by atoms with van der Waals surface area (Å²) in [6.45, 7) is 4.06. The number of unbranched alkanes of at least 4 members (excludes halogenated alkanes) is 3. The highest BCUT2D eigenvalue weighted by molar-refractivity contribution is 4.42. The van der Waals surface area contributed by atoms with Crippen LogP contribution in [-0.4, -0.2) is 26.6 Å². The maximum Gasteiger partial charge on any atom is 0.180 e. The second-order valence-corrected chi connectivity index (χ2v) is 3.05. The van der Waals surface area contributed by atoms with Crippen molar-refractivity contribution in [1.29, 1.82) is 0 Å². The van der Waals surface area contributed by atoms with E-state index in [9.17, 15) is 5.11 Å². The molecule has 3 nitrogen and oxygen atoms in total. The summed E-state index contributed by atoms with van der Waals surface area (Å²) in [5.74, 6) is 0. The van der Waals surface area contributed by atoms with Gasteiger partial charge in [0.1, 0.15) is 0 Å². The molecule has 0 aromatic heterocycles. The molecule has 0 aliphatic heterocycles. The fraction of sp³-hybridized carbons (Fsp3) is 1.00. The third kappa shape index (κ3) is 11.9. The van der Waals surface area contributed by atoms with E-state index in [0.717, 1.165) is 38.9 Å². The highest BCUT2D eigenvalue weighted by Crippen LogP contribution is 2.00. The minimum atomic E-state index is -0.403. The third-order valence-corrected chi connectivity index (χ3v) is 1.76. The first-order chi connectivity index (χ1) is 6.41. The third-order valence-electron chi connectivity index (χ3n) is 1.76. The largest absolute Gasteiger partial charge is 0.381 e. The van der Waals surface area contributed by atoms with Gasteiger partial charge in [0.05, 0.1) is 0 Å². The second-order valence-electron chi connectivity index (χ2n) is 3.05. The van der Waals surface area contributed by atoms with E-state index in [1.807, 2.05) is 0 Å². The fourth-order valence-corrected chi connectivity index (χ4v) is 1.07. The van der Waals surface area contributed by atoms with E-state index in [2.05, 4.69) is 6.92 Å². The molecule has 0 aliphatic carbocycles. The predicted octanol–water partition coefficient (Wildman–Crippen LogP) is 2.38. The molecule has 0 fully saturated rings. The van der Waals surface area contributed by atoms with Crippen LogP contribution in [0.25, 0.3) is 0 Å². The van der Waals surface area contributed by atoms with Gasteiger partial charge >= 0.3 is 0 Å². The molecule has 0 bridgehead atoms. The summed E-state index contributed by atoms with van der Waals surface area (Å²) >= 11 is 0. The van der Waals surface area contributed by atoms with Crippen molar-refractivity contribution in [2.75, 3.05) is 26.6 Å². The SMILES string of the molecule is CCCOCCCCCCOC[O]. The summed E-state index contributed by atoms with van der Waals surface area (Å²) < 4.78 is 10.0. The van der Waals surface area contributed by atoms with Crippen LogP contribution in [0.1, 0.15) is 39.0 Å². The molecule has 13 heavy (non-hydrogen) atoms. The van der Waals surface area contributed by atoms with Gasteiger partial charge in [-0.3, -0.25) is 0 Å². The summed E-state index contributed by atoms with van der Waals surface area (Å²) in [4.78, 5) is 0. The normalized spacial score (nSPS) is 10.6. The van der Waals surface area contributed by atoms with Crippen molar-refractivity contribution in [3.63, 3.8) is 0 Å². The van der Waals surface area contributed by atoms with E-state index in [4.69, 9.17) is 9.47 Å². The highest BCUT2D eigenvalue weighted by atomic mass is 16.6. The van der Waals surface area contributed by atoms with Crippen LogP contribution in [0.2, 0.25) is 0 Å². The maximum absolute atomic E-state index is 9.89. The molecule has 0 aromatic rings. The summed E-state index contributed by atoms with van der Waals surface area (Å²) in [5.41, 5.74) is 0. The van der Waals surface area contributed by atoms with E-state index in [1.54, 1.807) is 0 Å². The lowest BCUT2D eigenvalue weighted by Gasteiger charge is -2.02. The molecule has 0 aliphatic rings. The Morgan fingerprint density at radius 2 is 1.46 bits per heavy atom. The smallest absolute Gasteiger partial charge is 0.180 e. The quantitative estimate of drug-likeness (QED) is 0.391. The predicted molar refractivity (Wildman–Crippen MR) is 51.1 cm³/mol. The van der Waals surface area contributed by atoms with Gasteiger partial charge in [0, 0.05) is 19.8 Å². The lowest BCUT2D eigenvalue weighted by atomic mass is 10.2.